The van der Waals surface area contributed by atoms with E-state index < -0.39 is 0 Å². The van der Waals surface area contributed by atoms with Crippen molar-refractivity contribution in [2.45, 2.75) is 38.8 Å². The van der Waals surface area contributed by atoms with Gasteiger partial charge in [-0.05, 0) is 112 Å². The smallest absolute Gasteiger partial charge is 0.0692 e. The molecule has 280 valence electrons. The highest BCUT2D eigenvalue weighted by atomic mass is 32.2. The van der Waals surface area contributed by atoms with Gasteiger partial charge in [0.2, 0.25) is 0 Å². The molecule has 0 amide bonds. The Morgan fingerprint density at radius 2 is 1.12 bits per heavy atom. The Bertz CT molecular complexity index is 3280. The second-order valence-corrected chi connectivity index (χ2v) is 18.3. The molecule has 1 aliphatic carbocycles. The monoisotopic (exact) mass is 790 g/mol. The molecule has 9 aromatic carbocycles. The number of benzene rings is 9. The molecule has 0 bridgehead atoms. The van der Waals surface area contributed by atoms with Crippen LogP contribution < -0.4 is 4.90 Å². The summed E-state index contributed by atoms with van der Waals surface area (Å²) in [5, 5.41) is 5.05. The summed E-state index contributed by atoms with van der Waals surface area (Å²) in [6.45, 7) is 4.76. The average Bonchev–Trinajstić information content (AvgIpc) is 3.73. The fourth-order valence-electron chi connectivity index (χ4n) is 9.56. The van der Waals surface area contributed by atoms with Crippen LogP contribution >= 0.6 is 23.5 Å². The quantitative estimate of drug-likeness (QED) is 0.172. The summed E-state index contributed by atoms with van der Waals surface area (Å²) in [5.41, 5.74) is 14.9. The molecule has 0 saturated carbocycles. The van der Waals surface area contributed by atoms with Crippen LogP contribution in [0.1, 0.15) is 25.0 Å². The van der Waals surface area contributed by atoms with Gasteiger partial charge < -0.3 is 9.47 Å². The lowest BCUT2D eigenvalue weighted by Crippen LogP contribution is -2.15. The third-order valence-corrected chi connectivity index (χ3v) is 15.0. The maximum atomic E-state index is 2.54. The molecule has 59 heavy (non-hydrogen) atoms. The van der Waals surface area contributed by atoms with Crippen LogP contribution in [0.2, 0.25) is 0 Å². The molecule has 0 N–H and O–H groups in total. The molecule has 0 fully saturated rings. The first-order valence-corrected chi connectivity index (χ1v) is 21.9. The molecule has 0 spiro atoms. The van der Waals surface area contributed by atoms with Crippen molar-refractivity contribution in [1.82, 2.24) is 4.57 Å². The van der Waals surface area contributed by atoms with Crippen LogP contribution in [0.5, 0.6) is 0 Å². The Morgan fingerprint density at radius 1 is 0.458 bits per heavy atom. The highest BCUT2D eigenvalue weighted by molar-refractivity contribution is 8.05. The van der Waals surface area contributed by atoms with E-state index in [9.17, 15) is 0 Å². The third kappa shape index (κ3) is 5.37. The first-order chi connectivity index (χ1) is 29.0. The second-order valence-electron chi connectivity index (χ2n) is 16.1. The summed E-state index contributed by atoms with van der Waals surface area (Å²) >= 11 is 3.79. The number of hydrogen-bond acceptors (Lipinski definition) is 3. The standard InChI is InChI=1S/C55H38N2S2/c1-55(2)46-19-9-8-18-42(46)44-33-45-43-31-32-52-54(59-51-22-11-10-21-50(51)58-52)53(43)57(49(45)34-47(44)55)40-29-25-36(26-30-40)35-23-27-39(28-24-35)56(38-15-4-3-5-16-38)48-20-12-14-37-13-6-7-17-41(37)48/h3-34H,1-2H3. The van der Waals surface area contributed by atoms with Gasteiger partial charge in [0.1, 0.15) is 0 Å². The van der Waals surface area contributed by atoms with Crippen molar-refractivity contribution in [3.05, 3.63) is 205 Å². The van der Waals surface area contributed by atoms with E-state index in [1.807, 2.05) is 23.5 Å². The van der Waals surface area contributed by atoms with Gasteiger partial charge in [0.15, 0.2) is 0 Å². The predicted molar refractivity (Wildman–Crippen MR) is 251 cm³/mol. The average molecular weight is 791 g/mol. The van der Waals surface area contributed by atoms with Crippen LogP contribution in [0.25, 0.3) is 60.5 Å². The zero-order chi connectivity index (χ0) is 39.2. The number of anilines is 3. The maximum Gasteiger partial charge on any atom is 0.0692 e. The summed E-state index contributed by atoms with van der Waals surface area (Å²) in [6.07, 6.45) is 0. The van der Waals surface area contributed by atoms with E-state index in [-0.39, 0.29) is 5.41 Å². The van der Waals surface area contributed by atoms with Crippen molar-refractivity contribution >= 4 is 73.2 Å². The molecule has 10 aromatic rings. The number of para-hydroxylation sites is 1. The Kier molecular flexibility index (Phi) is 7.78. The molecule has 0 unspecified atom stereocenters. The Balaban J connectivity index is 0.985. The van der Waals surface area contributed by atoms with Crippen molar-refractivity contribution in [3.63, 3.8) is 0 Å². The van der Waals surface area contributed by atoms with E-state index >= 15 is 0 Å². The SMILES string of the molecule is CC1(C)c2ccccc2-c2cc3c4ccc5c(c4n(-c4ccc(-c6ccc(N(c7ccccc7)c7cccc8ccccc78)cc6)cc4)c3cc21)Sc1ccccc1S5. The van der Waals surface area contributed by atoms with Gasteiger partial charge in [0, 0.05) is 53.3 Å². The summed E-state index contributed by atoms with van der Waals surface area (Å²) in [6, 6.07) is 71.6. The minimum Gasteiger partial charge on any atom is -0.310 e. The van der Waals surface area contributed by atoms with Crippen LogP contribution in [0, 0.1) is 0 Å². The van der Waals surface area contributed by atoms with E-state index in [0.717, 1.165) is 17.1 Å². The van der Waals surface area contributed by atoms with Crippen LogP contribution in [0.4, 0.5) is 17.1 Å². The van der Waals surface area contributed by atoms with E-state index in [0.29, 0.717) is 0 Å². The summed E-state index contributed by atoms with van der Waals surface area (Å²) in [7, 11) is 0. The normalized spacial score (nSPS) is 13.6. The molecular formula is C55H38N2S2. The predicted octanol–water partition coefficient (Wildman–Crippen LogP) is 16.0. The topological polar surface area (TPSA) is 8.17 Å². The van der Waals surface area contributed by atoms with Gasteiger partial charge in [-0.3, -0.25) is 0 Å². The van der Waals surface area contributed by atoms with E-state index in [1.165, 1.54) is 91.2 Å². The lowest BCUT2D eigenvalue weighted by molar-refractivity contribution is 0.661. The zero-order valence-corrected chi connectivity index (χ0v) is 34.3. The zero-order valence-electron chi connectivity index (χ0n) is 32.7. The third-order valence-electron chi connectivity index (χ3n) is 12.4. The molecule has 0 atom stereocenters. The highest BCUT2D eigenvalue weighted by Crippen LogP contribution is 2.55. The van der Waals surface area contributed by atoms with E-state index in [1.54, 1.807) is 0 Å². The van der Waals surface area contributed by atoms with Crippen LogP contribution in [0.3, 0.4) is 0 Å². The fourth-order valence-corrected chi connectivity index (χ4v) is 11.9. The summed E-state index contributed by atoms with van der Waals surface area (Å²) in [5.74, 6) is 0. The fraction of sp³-hybridized carbons (Fsp3) is 0.0545. The van der Waals surface area contributed by atoms with Crippen LogP contribution in [-0.4, -0.2) is 4.57 Å². The molecule has 1 aliphatic heterocycles. The minimum atomic E-state index is -0.0932. The van der Waals surface area contributed by atoms with Gasteiger partial charge in [-0.1, -0.05) is 159 Å². The Labute approximate surface area is 352 Å². The maximum absolute atomic E-state index is 2.54. The van der Waals surface area contributed by atoms with E-state index in [2.05, 4.69) is 217 Å². The Morgan fingerprint density at radius 3 is 1.93 bits per heavy atom. The van der Waals surface area contributed by atoms with Gasteiger partial charge in [0.25, 0.3) is 0 Å². The number of fused-ring (bicyclic) bond motifs is 10. The van der Waals surface area contributed by atoms with Gasteiger partial charge in [-0.25, -0.2) is 0 Å². The van der Waals surface area contributed by atoms with Crippen molar-refractivity contribution in [1.29, 1.82) is 0 Å². The highest BCUT2D eigenvalue weighted by Gasteiger charge is 2.36. The number of hydrogen-bond donors (Lipinski definition) is 0. The first-order valence-electron chi connectivity index (χ1n) is 20.3. The largest absolute Gasteiger partial charge is 0.310 e. The van der Waals surface area contributed by atoms with Crippen molar-refractivity contribution in [2.24, 2.45) is 0 Å². The van der Waals surface area contributed by atoms with Crippen LogP contribution in [0.15, 0.2) is 214 Å². The molecule has 2 heterocycles. The molecule has 0 saturated heterocycles. The summed E-state index contributed by atoms with van der Waals surface area (Å²) in [4.78, 5) is 7.65. The molecule has 1 aromatic heterocycles. The Hall–Kier alpha value is -6.46. The lowest BCUT2D eigenvalue weighted by Gasteiger charge is -2.27. The minimum absolute atomic E-state index is 0.0932. The number of nitrogens with zero attached hydrogens (tertiary/aromatic N) is 2. The van der Waals surface area contributed by atoms with Crippen molar-refractivity contribution in [3.8, 4) is 27.9 Å². The molecule has 2 aliphatic rings. The number of aromatic nitrogens is 1. The van der Waals surface area contributed by atoms with Crippen molar-refractivity contribution in [2.75, 3.05) is 4.90 Å². The molecule has 4 heteroatoms. The second kappa shape index (κ2) is 13.3. The molecule has 0 radical (unpaired) electrons. The van der Waals surface area contributed by atoms with Crippen molar-refractivity contribution < 1.29 is 0 Å². The van der Waals surface area contributed by atoms with Crippen LogP contribution in [-0.2, 0) is 5.41 Å². The van der Waals surface area contributed by atoms with Gasteiger partial charge in [-0.2, -0.15) is 0 Å². The first kappa shape index (κ1) is 34.6. The number of rotatable bonds is 5. The van der Waals surface area contributed by atoms with Gasteiger partial charge in [0.05, 0.1) is 21.6 Å². The van der Waals surface area contributed by atoms with E-state index in [4.69, 9.17) is 0 Å². The van der Waals surface area contributed by atoms with Gasteiger partial charge in [-0.15, -0.1) is 0 Å². The van der Waals surface area contributed by atoms with Gasteiger partial charge >= 0.3 is 0 Å². The molecular weight excluding hydrogens is 753 g/mol. The summed E-state index contributed by atoms with van der Waals surface area (Å²) < 4.78 is 2.54. The lowest BCUT2D eigenvalue weighted by atomic mass is 9.82. The molecule has 2 nitrogen and oxygen atoms in total. The molecule has 12 rings (SSSR count).